The number of hydrogen-bond acceptors (Lipinski definition) is 3. The van der Waals surface area contributed by atoms with E-state index in [0.717, 1.165) is 18.7 Å². The van der Waals surface area contributed by atoms with Gasteiger partial charge in [-0.2, -0.15) is 0 Å². The maximum absolute atomic E-state index is 5.96. The molecule has 2 saturated carbocycles. The Balaban J connectivity index is 1.48. The van der Waals surface area contributed by atoms with Gasteiger partial charge in [-0.1, -0.05) is 6.42 Å². The summed E-state index contributed by atoms with van der Waals surface area (Å²) in [7, 11) is 0. The molecule has 3 nitrogen and oxygen atoms in total. The van der Waals surface area contributed by atoms with Crippen LogP contribution >= 0.6 is 0 Å². The molecular formula is C17H32N2O. The predicted octanol–water partition coefficient (Wildman–Crippen LogP) is 2.80. The van der Waals surface area contributed by atoms with Crippen molar-refractivity contribution >= 4 is 0 Å². The Morgan fingerprint density at radius 2 is 1.95 bits per heavy atom. The number of likely N-dealkylation sites (tertiary alicyclic amines) is 1. The maximum atomic E-state index is 5.96. The van der Waals surface area contributed by atoms with Gasteiger partial charge < -0.3 is 15.0 Å². The summed E-state index contributed by atoms with van der Waals surface area (Å²) in [6.07, 6.45) is 8.63. The van der Waals surface area contributed by atoms with E-state index in [4.69, 9.17) is 4.74 Å². The van der Waals surface area contributed by atoms with E-state index in [0.29, 0.717) is 17.6 Å². The van der Waals surface area contributed by atoms with Gasteiger partial charge in [-0.05, 0) is 66.0 Å². The molecule has 0 aromatic carbocycles. The molecule has 0 unspecified atom stereocenters. The average Bonchev–Trinajstić information content (AvgIpc) is 2.36. The fraction of sp³-hybridized carbons (Fsp3) is 1.00. The number of hydrogen-bond donors (Lipinski definition) is 1. The third-order valence-corrected chi connectivity index (χ3v) is 6.13. The van der Waals surface area contributed by atoms with Gasteiger partial charge in [0.2, 0.25) is 0 Å². The van der Waals surface area contributed by atoms with Crippen LogP contribution in [0.4, 0.5) is 0 Å². The van der Waals surface area contributed by atoms with Crippen LogP contribution in [0.5, 0.6) is 0 Å². The first-order valence-corrected chi connectivity index (χ1v) is 8.77. The lowest BCUT2D eigenvalue weighted by atomic mass is 9.51. The zero-order valence-corrected chi connectivity index (χ0v) is 13.5. The maximum Gasteiger partial charge on any atom is 0.0661 e. The molecule has 2 atom stereocenters. The third-order valence-electron chi connectivity index (χ3n) is 6.13. The fourth-order valence-corrected chi connectivity index (χ4v) is 4.54. The van der Waals surface area contributed by atoms with E-state index < -0.39 is 0 Å². The lowest BCUT2D eigenvalue weighted by Gasteiger charge is -2.62. The van der Waals surface area contributed by atoms with E-state index in [9.17, 15) is 0 Å². The van der Waals surface area contributed by atoms with Crippen molar-refractivity contribution in [3.05, 3.63) is 0 Å². The van der Waals surface area contributed by atoms with Gasteiger partial charge in [0.25, 0.3) is 0 Å². The molecule has 1 spiro atoms. The van der Waals surface area contributed by atoms with Gasteiger partial charge in [-0.3, -0.25) is 0 Å². The molecule has 0 aromatic rings. The van der Waals surface area contributed by atoms with E-state index in [1.807, 2.05) is 0 Å². The van der Waals surface area contributed by atoms with Crippen molar-refractivity contribution in [1.29, 1.82) is 0 Å². The third kappa shape index (κ3) is 2.53. The van der Waals surface area contributed by atoms with E-state index >= 15 is 0 Å². The summed E-state index contributed by atoms with van der Waals surface area (Å²) in [6, 6.07) is 2.19. The topological polar surface area (TPSA) is 24.5 Å². The van der Waals surface area contributed by atoms with Crippen LogP contribution in [0.3, 0.4) is 0 Å². The highest BCUT2D eigenvalue weighted by Gasteiger charge is 2.59. The van der Waals surface area contributed by atoms with Crippen LogP contribution in [0.1, 0.15) is 59.3 Å². The molecule has 1 N–H and O–H groups in total. The predicted molar refractivity (Wildman–Crippen MR) is 83.0 cm³/mol. The highest BCUT2D eigenvalue weighted by molar-refractivity contribution is 5.12. The molecule has 20 heavy (non-hydrogen) atoms. The van der Waals surface area contributed by atoms with Crippen LogP contribution in [0.25, 0.3) is 0 Å². The second kappa shape index (κ2) is 5.94. The Morgan fingerprint density at radius 3 is 2.45 bits per heavy atom. The normalized spacial score (nSPS) is 34.2. The second-order valence-electron chi connectivity index (χ2n) is 7.39. The zero-order valence-electron chi connectivity index (χ0n) is 13.5. The molecule has 0 amide bonds. The van der Waals surface area contributed by atoms with Crippen LogP contribution in [-0.4, -0.2) is 48.8 Å². The molecule has 1 saturated heterocycles. The molecule has 1 aliphatic heterocycles. The second-order valence-corrected chi connectivity index (χ2v) is 7.39. The Kier molecular flexibility index (Phi) is 4.40. The monoisotopic (exact) mass is 280 g/mol. The SMILES string of the molecule is CCO[C@@H]1C[C@H](NC2CCN(C(C)C)CC2)C12CCC2. The standard InChI is InChI=1S/C17H32N2O/c1-4-20-16-12-15(17(16)8-5-9-17)18-14-6-10-19(11-7-14)13(2)3/h13-16,18H,4-12H2,1-3H3/t15-,16+/m0/s1. The average molecular weight is 280 g/mol. The molecule has 0 bridgehead atoms. The van der Waals surface area contributed by atoms with Gasteiger partial charge in [0.05, 0.1) is 6.10 Å². The number of ether oxygens (including phenoxy) is 1. The van der Waals surface area contributed by atoms with E-state index in [1.54, 1.807) is 0 Å². The van der Waals surface area contributed by atoms with Crippen molar-refractivity contribution in [3.63, 3.8) is 0 Å². The molecule has 0 aromatic heterocycles. The molecule has 3 fully saturated rings. The van der Waals surface area contributed by atoms with E-state index in [1.165, 1.54) is 51.6 Å². The van der Waals surface area contributed by atoms with E-state index in [2.05, 4.69) is 31.0 Å². The minimum atomic E-state index is 0.519. The van der Waals surface area contributed by atoms with Gasteiger partial charge in [0.1, 0.15) is 0 Å². The van der Waals surface area contributed by atoms with Crippen molar-refractivity contribution in [2.45, 2.75) is 83.5 Å². The molecule has 3 heteroatoms. The lowest BCUT2D eigenvalue weighted by molar-refractivity contribution is -0.175. The summed E-state index contributed by atoms with van der Waals surface area (Å²) >= 11 is 0. The smallest absolute Gasteiger partial charge is 0.0661 e. The quantitative estimate of drug-likeness (QED) is 0.838. The molecule has 3 rings (SSSR count). The Bertz CT molecular complexity index is 319. The van der Waals surface area contributed by atoms with Gasteiger partial charge in [0.15, 0.2) is 0 Å². The summed E-state index contributed by atoms with van der Waals surface area (Å²) in [5, 5.41) is 3.99. The molecule has 0 radical (unpaired) electrons. The summed E-state index contributed by atoms with van der Waals surface area (Å²) in [5.41, 5.74) is 0.519. The summed E-state index contributed by atoms with van der Waals surface area (Å²) < 4.78 is 5.96. The minimum absolute atomic E-state index is 0.519. The van der Waals surface area contributed by atoms with Crippen LogP contribution in [0.2, 0.25) is 0 Å². The fourth-order valence-electron chi connectivity index (χ4n) is 4.54. The first kappa shape index (κ1) is 14.8. The minimum Gasteiger partial charge on any atom is -0.378 e. The van der Waals surface area contributed by atoms with Crippen LogP contribution in [0.15, 0.2) is 0 Å². The van der Waals surface area contributed by atoms with Crippen molar-refractivity contribution in [1.82, 2.24) is 10.2 Å². The van der Waals surface area contributed by atoms with Crippen molar-refractivity contribution < 1.29 is 4.74 Å². The van der Waals surface area contributed by atoms with E-state index in [-0.39, 0.29) is 0 Å². The van der Waals surface area contributed by atoms with Crippen molar-refractivity contribution in [3.8, 4) is 0 Å². The number of nitrogens with zero attached hydrogens (tertiary/aromatic N) is 1. The van der Waals surface area contributed by atoms with Gasteiger partial charge >= 0.3 is 0 Å². The van der Waals surface area contributed by atoms with Crippen LogP contribution < -0.4 is 5.32 Å². The molecule has 1 heterocycles. The van der Waals surface area contributed by atoms with Crippen LogP contribution in [-0.2, 0) is 4.74 Å². The summed E-state index contributed by atoms with van der Waals surface area (Å²) in [6.45, 7) is 10.2. The highest BCUT2D eigenvalue weighted by atomic mass is 16.5. The molecule has 2 aliphatic carbocycles. The molecule has 3 aliphatic rings. The largest absolute Gasteiger partial charge is 0.378 e. The van der Waals surface area contributed by atoms with Crippen molar-refractivity contribution in [2.75, 3.05) is 19.7 Å². The molecule has 116 valence electrons. The first-order valence-electron chi connectivity index (χ1n) is 8.77. The first-order chi connectivity index (χ1) is 9.65. The van der Waals surface area contributed by atoms with Crippen molar-refractivity contribution in [2.24, 2.45) is 5.41 Å². The highest BCUT2D eigenvalue weighted by Crippen LogP contribution is 2.57. The Hall–Kier alpha value is -0.120. The summed E-state index contributed by atoms with van der Waals surface area (Å²) in [5.74, 6) is 0. The lowest BCUT2D eigenvalue weighted by Crippen LogP contribution is -2.68. The Morgan fingerprint density at radius 1 is 1.25 bits per heavy atom. The van der Waals surface area contributed by atoms with Crippen LogP contribution in [0, 0.1) is 5.41 Å². The van der Waals surface area contributed by atoms with Gasteiger partial charge in [-0.15, -0.1) is 0 Å². The Labute approximate surface area is 124 Å². The number of piperidine rings is 1. The van der Waals surface area contributed by atoms with Gasteiger partial charge in [-0.25, -0.2) is 0 Å². The number of rotatable bonds is 5. The number of nitrogens with one attached hydrogen (secondary N) is 1. The van der Waals surface area contributed by atoms with Gasteiger partial charge in [0, 0.05) is 30.1 Å². The molecular weight excluding hydrogens is 248 g/mol. The zero-order chi connectivity index (χ0) is 14.2. The summed E-state index contributed by atoms with van der Waals surface area (Å²) in [4.78, 5) is 2.61.